The molecule has 0 heterocycles. The van der Waals surface area contributed by atoms with E-state index >= 15 is 0 Å². The molecule has 0 aliphatic carbocycles. The summed E-state index contributed by atoms with van der Waals surface area (Å²) < 4.78 is 10.1. The highest BCUT2D eigenvalue weighted by Crippen LogP contribution is 2.12. The van der Waals surface area contributed by atoms with Crippen LogP contribution in [0.1, 0.15) is 20.8 Å². The number of halogens is 1. The van der Waals surface area contributed by atoms with Crippen molar-refractivity contribution < 1.29 is 14.3 Å². The van der Waals surface area contributed by atoms with Crippen molar-refractivity contribution in [3.05, 3.63) is 0 Å². The fraction of sp³-hybridized carbons (Fsp3) is 0.900. The first kappa shape index (κ1) is 14.9. The van der Waals surface area contributed by atoms with Gasteiger partial charge in [0.1, 0.15) is 0 Å². The van der Waals surface area contributed by atoms with Crippen LogP contribution in [0, 0.1) is 5.92 Å². The quantitative estimate of drug-likeness (QED) is 0.593. The summed E-state index contributed by atoms with van der Waals surface area (Å²) in [5, 5.41) is 2.83. The molecule has 0 rings (SSSR count). The monoisotopic (exact) mass is 281 g/mol. The van der Waals surface area contributed by atoms with Gasteiger partial charge in [0.2, 0.25) is 5.91 Å². The average molecular weight is 282 g/mol. The summed E-state index contributed by atoms with van der Waals surface area (Å²) in [6.45, 7) is 5.80. The Kier molecular flexibility index (Phi) is 7.13. The molecule has 0 fully saturated rings. The normalized spacial score (nSPS) is 15.5. The number of alkyl halides is 1. The van der Waals surface area contributed by atoms with Crippen LogP contribution in [0.3, 0.4) is 0 Å². The fourth-order valence-electron chi connectivity index (χ4n) is 1.18. The van der Waals surface area contributed by atoms with Gasteiger partial charge in [-0.1, -0.05) is 29.8 Å². The van der Waals surface area contributed by atoms with Crippen LogP contribution >= 0.6 is 15.9 Å². The summed E-state index contributed by atoms with van der Waals surface area (Å²) >= 11 is 3.34. The first-order valence-corrected chi connectivity index (χ1v) is 5.85. The molecule has 2 unspecified atom stereocenters. The van der Waals surface area contributed by atoms with Gasteiger partial charge in [0.25, 0.3) is 0 Å². The second kappa shape index (κ2) is 7.19. The van der Waals surface area contributed by atoms with Gasteiger partial charge in [0.15, 0.2) is 6.29 Å². The molecule has 0 aromatic rings. The van der Waals surface area contributed by atoms with Gasteiger partial charge < -0.3 is 14.8 Å². The Bertz CT molecular complexity index is 195. The molecule has 0 saturated carbocycles. The zero-order valence-corrected chi connectivity index (χ0v) is 11.5. The van der Waals surface area contributed by atoms with Crippen LogP contribution in [-0.4, -0.2) is 37.3 Å². The lowest BCUT2D eigenvalue weighted by molar-refractivity contribution is -0.135. The largest absolute Gasteiger partial charge is 0.354 e. The molecule has 0 spiro atoms. The minimum absolute atomic E-state index is 0.0448. The molecular formula is C10H20BrNO3. The SMILES string of the molecule is COC(OC)C(C)NC(=O)C(Br)C(C)C. The summed E-state index contributed by atoms with van der Waals surface area (Å²) in [4.78, 5) is 11.5. The van der Waals surface area contributed by atoms with Crippen molar-refractivity contribution in [2.75, 3.05) is 14.2 Å². The Balaban J connectivity index is 4.16. The molecule has 0 radical (unpaired) electrons. The molecule has 2 atom stereocenters. The van der Waals surface area contributed by atoms with Crippen LogP contribution in [0.25, 0.3) is 0 Å². The van der Waals surface area contributed by atoms with Crippen LogP contribution in [-0.2, 0) is 14.3 Å². The number of nitrogens with one attached hydrogen (secondary N) is 1. The van der Waals surface area contributed by atoms with Gasteiger partial charge in [-0.15, -0.1) is 0 Å². The minimum Gasteiger partial charge on any atom is -0.354 e. The van der Waals surface area contributed by atoms with Gasteiger partial charge in [0, 0.05) is 14.2 Å². The van der Waals surface area contributed by atoms with Crippen LogP contribution < -0.4 is 5.32 Å². The Morgan fingerprint density at radius 2 is 1.67 bits per heavy atom. The summed E-state index contributed by atoms with van der Waals surface area (Å²) in [5.41, 5.74) is 0. The maximum absolute atomic E-state index is 11.7. The summed E-state index contributed by atoms with van der Waals surface area (Å²) in [7, 11) is 3.09. The third kappa shape index (κ3) is 4.95. The number of amides is 1. The molecule has 4 nitrogen and oxygen atoms in total. The van der Waals surface area contributed by atoms with Crippen LogP contribution in [0.5, 0.6) is 0 Å². The van der Waals surface area contributed by atoms with Gasteiger partial charge in [-0.3, -0.25) is 4.79 Å². The van der Waals surface area contributed by atoms with Gasteiger partial charge in [-0.25, -0.2) is 0 Å². The number of ether oxygens (including phenoxy) is 2. The third-order valence-electron chi connectivity index (χ3n) is 2.08. The van der Waals surface area contributed by atoms with E-state index in [1.807, 2.05) is 20.8 Å². The van der Waals surface area contributed by atoms with Crippen molar-refractivity contribution >= 4 is 21.8 Å². The second-order valence-corrected chi connectivity index (χ2v) is 4.77. The van der Waals surface area contributed by atoms with Crippen molar-refractivity contribution in [1.82, 2.24) is 5.32 Å². The van der Waals surface area contributed by atoms with E-state index in [0.717, 1.165) is 0 Å². The van der Waals surface area contributed by atoms with Crippen molar-refractivity contribution in [3.8, 4) is 0 Å². The van der Waals surface area contributed by atoms with E-state index in [2.05, 4.69) is 21.2 Å². The molecule has 5 heteroatoms. The van der Waals surface area contributed by atoms with E-state index < -0.39 is 6.29 Å². The summed E-state index contributed by atoms with van der Waals surface area (Å²) in [6.07, 6.45) is -0.416. The Labute approximate surface area is 99.8 Å². The molecular weight excluding hydrogens is 262 g/mol. The molecule has 0 bridgehead atoms. The Morgan fingerprint density at radius 1 is 1.20 bits per heavy atom. The molecule has 0 aromatic carbocycles. The van der Waals surface area contributed by atoms with Gasteiger partial charge in [-0.2, -0.15) is 0 Å². The van der Waals surface area contributed by atoms with E-state index in [1.54, 1.807) is 14.2 Å². The molecule has 1 amide bonds. The molecule has 0 aliphatic rings. The highest BCUT2D eigenvalue weighted by atomic mass is 79.9. The van der Waals surface area contributed by atoms with Crippen molar-refractivity contribution in [1.29, 1.82) is 0 Å². The van der Waals surface area contributed by atoms with Crippen molar-refractivity contribution in [2.45, 2.75) is 37.9 Å². The first-order valence-electron chi connectivity index (χ1n) is 4.94. The maximum atomic E-state index is 11.7. The number of hydrogen-bond acceptors (Lipinski definition) is 3. The van der Waals surface area contributed by atoms with E-state index in [0.29, 0.717) is 0 Å². The zero-order valence-electron chi connectivity index (χ0n) is 9.91. The number of hydrogen-bond donors (Lipinski definition) is 1. The Hall–Kier alpha value is -0.130. The van der Waals surface area contributed by atoms with Crippen LogP contribution in [0.15, 0.2) is 0 Å². The topological polar surface area (TPSA) is 47.6 Å². The first-order chi connectivity index (χ1) is 6.93. The lowest BCUT2D eigenvalue weighted by atomic mass is 10.1. The van der Waals surface area contributed by atoms with Gasteiger partial charge >= 0.3 is 0 Å². The number of carbonyl (C=O) groups is 1. The molecule has 0 aromatic heterocycles. The lowest BCUT2D eigenvalue weighted by Gasteiger charge is -2.24. The van der Waals surface area contributed by atoms with E-state index in [1.165, 1.54) is 0 Å². The predicted molar refractivity (Wildman–Crippen MR) is 63.0 cm³/mol. The third-order valence-corrected chi connectivity index (χ3v) is 3.55. The standard InChI is InChI=1S/C10H20BrNO3/c1-6(2)8(11)9(13)12-7(3)10(14-4)15-5/h6-8,10H,1-5H3,(H,12,13). The number of methoxy groups -OCH3 is 2. The number of carbonyl (C=O) groups excluding carboxylic acids is 1. The highest BCUT2D eigenvalue weighted by Gasteiger charge is 2.23. The number of rotatable bonds is 6. The van der Waals surface area contributed by atoms with Gasteiger partial charge in [0.05, 0.1) is 10.9 Å². The van der Waals surface area contributed by atoms with E-state index in [4.69, 9.17) is 9.47 Å². The van der Waals surface area contributed by atoms with Crippen molar-refractivity contribution in [2.24, 2.45) is 5.92 Å². The summed E-state index contributed by atoms with van der Waals surface area (Å²) in [6, 6.07) is -0.175. The fourth-order valence-corrected chi connectivity index (χ4v) is 1.31. The van der Waals surface area contributed by atoms with E-state index in [9.17, 15) is 4.79 Å². The molecule has 90 valence electrons. The smallest absolute Gasteiger partial charge is 0.234 e. The average Bonchev–Trinajstić information content (AvgIpc) is 2.18. The predicted octanol–water partition coefficient (Wildman–Crippen LogP) is 1.53. The molecule has 0 saturated heterocycles. The van der Waals surface area contributed by atoms with Gasteiger partial charge in [-0.05, 0) is 12.8 Å². The van der Waals surface area contributed by atoms with Crippen LogP contribution in [0.4, 0.5) is 0 Å². The zero-order chi connectivity index (χ0) is 12.0. The second-order valence-electron chi connectivity index (χ2n) is 3.78. The van der Waals surface area contributed by atoms with Crippen LogP contribution in [0.2, 0.25) is 0 Å². The Morgan fingerprint density at radius 3 is 2.00 bits per heavy atom. The van der Waals surface area contributed by atoms with E-state index in [-0.39, 0.29) is 22.7 Å². The van der Waals surface area contributed by atoms with Crippen molar-refractivity contribution in [3.63, 3.8) is 0 Å². The molecule has 15 heavy (non-hydrogen) atoms. The molecule has 1 N–H and O–H groups in total. The molecule has 0 aliphatic heterocycles. The summed E-state index contributed by atoms with van der Waals surface area (Å²) in [5.74, 6) is 0.206. The minimum atomic E-state index is -0.416. The maximum Gasteiger partial charge on any atom is 0.234 e. The highest BCUT2D eigenvalue weighted by molar-refractivity contribution is 9.10. The lowest BCUT2D eigenvalue weighted by Crippen LogP contribution is -2.46.